The number of amides is 1. The van der Waals surface area contributed by atoms with Crippen LogP contribution in [0.5, 0.6) is 5.75 Å². The van der Waals surface area contributed by atoms with E-state index in [1.54, 1.807) is 29.8 Å². The van der Waals surface area contributed by atoms with Crippen molar-refractivity contribution in [3.05, 3.63) is 52.3 Å². The number of rotatable bonds is 6. The fourth-order valence-corrected chi connectivity index (χ4v) is 2.48. The molecule has 0 fully saturated rings. The molecule has 0 bridgehead atoms. The maximum absolute atomic E-state index is 12.2. The molecule has 0 spiro atoms. The normalized spacial score (nSPS) is 11.0. The highest BCUT2D eigenvalue weighted by Crippen LogP contribution is 2.20. The number of nitrogens with zero attached hydrogens (tertiary/aromatic N) is 3. The Hall–Kier alpha value is -2.27. The highest BCUT2D eigenvalue weighted by atomic mass is 35.5. The molecule has 0 aliphatic heterocycles. The smallest absolute Gasteiger partial charge is 0.246 e. The minimum absolute atomic E-state index is 0.109. The molecule has 0 N–H and O–H groups in total. The Morgan fingerprint density at radius 1 is 1.38 bits per heavy atom. The second kappa shape index (κ2) is 8.02. The number of carbonyl (C=O) groups is 1. The molecule has 0 saturated heterocycles. The second-order valence-corrected chi connectivity index (χ2v) is 5.98. The van der Waals surface area contributed by atoms with Gasteiger partial charge in [-0.25, -0.2) is 0 Å². The zero-order chi connectivity index (χ0) is 17.7. The van der Waals surface area contributed by atoms with Gasteiger partial charge < -0.3 is 9.64 Å². The summed E-state index contributed by atoms with van der Waals surface area (Å²) in [7, 11) is 3.51. The molecular weight excluding hydrogens is 326 g/mol. The highest BCUT2D eigenvalue weighted by molar-refractivity contribution is 6.31. The molecule has 128 valence electrons. The van der Waals surface area contributed by atoms with Crippen LogP contribution in [0, 0.1) is 13.8 Å². The highest BCUT2D eigenvalue weighted by Gasteiger charge is 2.10. The van der Waals surface area contributed by atoms with Crippen molar-refractivity contribution in [2.45, 2.75) is 13.8 Å². The predicted octanol–water partition coefficient (Wildman–Crippen LogP) is 3.24. The number of likely N-dealkylation sites (N-methyl/N-ethyl adjacent to an activating group) is 1. The zero-order valence-electron chi connectivity index (χ0n) is 14.4. The van der Waals surface area contributed by atoms with E-state index >= 15 is 0 Å². The first kappa shape index (κ1) is 18.1. The number of para-hydroxylation sites is 1. The average Bonchev–Trinajstić information content (AvgIpc) is 2.79. The topological polar surface area (TPSA) is 47.4 Å². The molecule has 2 aromatic rings. The Bertz CT molecular complexity index is 753. The van der Waals surface area contributed by atoms with Gasteiger partial charge in [-0.05, 0) is 31.6 Å². The molecule has 1 aromatic carbocycles. The van der Waals surface area contributed by atoms with E-state index in [1.807, 2.05) is 38.1 Å². The van der Waals surface area contributed by atoms with Crippen molar-refractivity contribution < 1.29 is 9.53 Å². The summed E-state index contributed by atoms with van der Waals surface area (Å²) in [6.07, 6.45) is 3.20. The van der Waals surface area contributed by atoms with E-state index in [2.05, 4.69) is 5.10 Å². The molecule has 1 heterocycles. The zero-order valence-corrected chi connectivity index (χ0v) is 15.2. The van der Waals surface area contributed by atoms with Crippen LogP contribution in [-0.4, -0.2) is 40.8 Å². The third kappa shape index (κ3) is 4.38. The van der Waals surface area contributed by atoms with E-state index in [1.165, 1.54) is 6.08 Å². The van der Waals surface area contributed by atoms with E-state index in [0.717, 1.165) is 22.6 Å². The Labute approximate surface area is 147 Å². The van der Waals surface area contributed by atoms with Gasteiger partial charge in [0, 0.05) is 25.7 Å². The lowest BCUT2D eigenvalue weighted by Gasteiger charge is -2.16. The number of carbonyl (C=O) groups excluding carboxylic acids is 1. The number of ether oxygens (including phenoxy) is 1. The SMILES string of the molecule is Cc1ccccc1OCCN(C)C(=O)/C=C/c1c(C)nn(C)c1Cl. The van der Waals surface area contributed by atoms with E-state index in [-0.39, 0.29) is 5.91 Å². The maximum atomic E-state index is 12.2. The Balaban J connectivity index is 1.88. The van der Waals surface area contributed by atoms with Crippen molar-refractivity contribution in [1.82, 2.24) is 14.7 Å². The van der Waals surface area contributed by atoms with Crippen LogP contribution in [-0.2, 0) is 11.8 Å². The fourth-order valence-electron chi connectivity index (χ4n) is 2.24. The lowest BCUT2D eigenvalue weighted by molar-refractivity contribution is -0.125. The molecule has 0 aliphatic rings. The summed E-state index contributed by atoms with van der Waals surface area (Å²) in [5, 5.41) is 4.73. The first-order valence-electron chi connectivity index (χ1n) is 7.71. The maximum Gasteiger partial charge on any atom is 0.246 e. The predicted molar refractivity (Wildman–Crippen MR) is 96.3 cm³/mol. The van der Waals surface area contributed by atoms with Gasteiger partial charge in [-0.1, -0.05) is 29.8 Å². The second-order valence-electron chi connectivity index (χ2n) is 5.62. The molecule has 24 heavy (non-hydrogen) atoms. The van der Waals surface area contributed by atoms with Crippen LogP contribution < -0.4 is 4.74 Å². The minimum Gasteiger partial charge on any atom is -0.491 e. The largest absolute Gasteiger partial charge is 0.491 e. The van der Waals surface area contributed by atoms with Gasteiger partial charge in [0.2, 0.25) is 5.91 Å². The van der Waals surface area contributed by atoms with Crippen LogP contribution in [0.4, 0.5) is 0 Å². The van der Waals surface area contributed by atoms with Gasteiger partial charge in [-0.3, -0.25) is 9.48 Å². The minimum atomic E-state index is -0.109. The quantitative estimate of drug-likeness (QED) is 0.754. The van der Waals surface area contributed by atoms with Crippen molar-refractivity contribution in [3.63, 3.8) is 0 Å². The molecule has 0 unspecified atom stereocenters. The van der Waals surface area contributed by atoms with Crippen LogP contribution in [0.3, 0.4) is 0 Å². The average molecular weight is 348 g/mol. The monoisotopic (exact) mass is 347 g/mol. The standard InChI is InChI=1S/C18H22ClN3O2/c1-13-7-5-6-8-16(13)24-12-11-21(3)17(23)10-9-15-14(2)20-22(4)18(15)19/h5-10H,11-12H2,1-4H3/b10-9+. The number of aryl methyl sites for hydroxylation is 3. The summed E-state index contributed by atoms with van der Waals surface area (Å²) in [6, 6.07) is 7.81. The van der Waals surface area contributed by atoms with E-state index < -0.39 is 0 Å². The number of benzene rings is 1. The first-order valence-corrected chi connectivity index (χ1v) is 8.08. The molecular formula is C18H22ClN3O2. The molecule has 0 radical (unpaired) electrons. The van der Waals surface area contributed by atoms with Crippen LogP contribution in [0.25, 0.3) is 6.08 Å². The Morgan fingerprint density at radius 2 is 2.08 bits per heavy atom. The first-order chi connectivity index (χ1) is 11.4. The summed E-state index contributed by atoms with van der Waals surface area (Å²) in [5.41, 5.74) is 2.63. The molecule has 1 amide bonds. The summed E-state index contributed by atoms with van der Waals surface area (Å²) >= 11 is 6.15. The third-order valence-corrected chi connectivity index (χ3v) is 4.19. The number of halogens is 1. The molecule has 2 rings (SSSR count). The van der Waals surface area contributed by atoms with Gasteiger partial charge in [0.05, 0.1) is 12.2 Å². The Kier molecular flexibility index (Phi) is 6.04. The number of hydrogen-bond donors (Lipinski definition) is 0. The van der Waals surface area contributed by atoms with Gasteiger partial charge in [-0.2, -0.15) is 5.10 Å². The van der Waals surface area contributed by atoms with Gasteiger partial charge in [-0.15, -0.1) is 0 Å². The van der Waals surface area contributed by atoms with Gasteiger partial charge in [0.1, 0.15) is 17.5 Å². The molecule has 0 atom stereocenters. The molecule has 1 aromatic heterocycles. The van der Waals surface area contributed by atoms with Crippen LogP contribution in [0.2, 0.25) is 5.15 Å². The summed E-state index contributed by atoms with van der Waals surface area (Å²) in [4.78, 5) is 13.8. The number of aromatic nitrogens is 2. The summed E-state index contributed by atoms with van der Waals surface area (Å²) in [5.74, 6) is 0.731. The van der Waals surface area contributed by atoms with Gasteiger partial charge >= 0.3 is 0 Å². The van der Waals surface area contributed by atoms with Crippen LogP contribution in [0.15, 0.2) is 30.3 Å². The number of hydrogen-bond acceptors (Lipinski definition) is 3. The fraction of sp³-hybridized carbons (Fsp3) is 0.333. The van der Waals surface area contributed by atoms with Crippen molar-refractivity contribution >= 4 is 23.6 Å². The lowest BCUT2D eigenvalue weighted by Crippen LogP contribution is -2.29. The lowest BCUT2D eigenvalue weighted by atomic mass is 10.2. The summed E-state index contributed by atoms with van der Waals surface area (Å²) in [6.45, 7) is 4.79. The van der Waals surface area contributed by atoms with Crippen molar-refractivity contribution in [2.75, 3.05) is 20.2 Å². The molecule has 5 nitrogen and oxygen atoms in total. The molecule has 0 aliphatic carbocycles. The van der Waals surface area contributed by atoms with Crippen molar-refractivity contribution in [1.29, 1.82) is 0 Å². The van der Waals surface area contributed by atoms with Crippen molar-refractivity contribution in [2.24, 2.45) is 7.05 Å². The van der Waals surface area contributed by atoms with Crippen LogP contribution in [0.1, 0.15) is 16.8 Å². The van der Waals surface area contributed by atoms with Gasteiger partial charge in [0.25, 0.3) is 0 Å². The molecule has 6 heteroatoms. The van der Waals surface area contributed by atoms with Crippen LogP contribution >= 0.6 is 11.6 Å². The summed E-state index contributed by atoms with van der Waals surface area (Å²) < 4.78 is 7.29. The third-order valence-electron chi connectivity index (χ3n) is 3.74. The van der Waals surface area contributed by atoms with E-state index in [4.69, 9.17) is 16.3 Å². The van der Waals surface area contributed by atoms with E-state index in [9.17, 15) is 4.79 Å². The Morgan fingerprint density at radius 3 is 2.71 bits per heavy atom. The van der Waals surface area contributed by atoms with Crippen molar-refractivity contribution in [3.8, 4) is 5.75 Å². The van der Waals surface area contributed by atoms with E-state index in [0.29, 0.717) is 18.3 Å². The molecule has 0 saturated carbocycles. The van der Waals surface area contributed by atoms with Gasteiger partial charge in [0.15, 0.2) is 0 Å².